The highest BCUT2D eigenvalue weighted by atomic mass is 35.5. The Morgan fingerprint density at radius 1 is 0.714 bits per heavy atom. The molecule has 6 nitrogen and oxygen atoms in total. The van der Waals surface area contributed by atoms with Gasteiger partial charge in [-0.25, -0.2) is 9.97 Å². The maximum absolute atomic E-state index is 6.22. The molecule has 2 aromatic carbocycles. The molecule has 0 aliphatic carbocycles. The van der Waals surface area contributed by atoms with Crippen molar-refractivity contribution in [3.63, 3.8) is 0 Å². The third kappa shape index (κ3) is 3.44. The van der Waals surface area contributed by atoms with Crippen LogP contribution >= 0.6 is 23.2 Å². The minimum atomic E-state index is 0.457. The summed E-state index contributed by atoms with van der Waals surface area (Å²) in [7, 11) is 3.54. The Kier molecular flexibility index (Phi) is 4.98. The molecule has 0 bridgehead atoms. The average molecular weight is 411 g/mol. The summed E-state index contributed by atoms with van der Waals surface area (Å²) in [5.41, 5.74) is 4.07. The van der Waals surface area contributed by atoms with E-state index in [1.807, 2.05) is 48.5 Å². The number of aromatic nitrogens is 4. The standard InChI is InChI=1S/C20H16Cl2N6/c1-23-18-17-19(28-20(24-2)27-18)26-16(12-6-4-8-14(22)10-12)15(25-17)11-5-3-7-13(21)9-11/h3-10H,1-2H3,(H2,23,24,26,27,28). The third-order valence-corrected chi connectivity index (χ3v) is 4.66. The van der Waals surface area contributed by atoms with E-state index in [9.17, 15) is 0 Å². The highest BCUT2D eigenvalue weighted by Gasteiger charge is 2.17. The van der Waals surface area contributed by atoms with Crippen LogP contribution in [-0.4, -0.2) is 34.0 Å². The van der Waals surface area contributed by atoms with E-state index in [1.165, 1.54) is 0 Å². The van der Waals surface area contributed by atoms with Crippen molar-refractivity contribution in [1.29, 1.82) is 0 Å². The molecule has 4 aromatic rings. The van der Waals surface area contributed by atoms with E-state index >= 15 is 0 Å². The molecule has 0 spiro atoms. The van der Waals surface area contributed by atoms with Crippen molar-refractivity contribution in [3.05, 3.63) is 58.6 Å². The van der Waals surface area contributed by atoms with Gasteiger partial charge in [0.2, 0.25) is 5.95 Å². The molecule has 2 aromatic heterocycles. The van der Waals surface area contributed by atoms with Crippen molar-refractivity contribution in [2.45, 2.75) is 0 Å². The molecule has 140 valence electrons. The van der Waals surface area contributed by atoms with E-state index in [2.05, 4.69) is 20.6 Å². The van der Waals surface area contributed by atoms with Gasteiger partial charge in [0.15, 0.2) is 17.0 Å². The van der Waals surface area contributed by atoms with Gasteiger partial charge in [-0.3, -0.25) is 0 Å². The lowest BCUT2D eigenvalue weighted by atomic mass is 10.0. The van der Waals surface area contributed by atoms with Crippen LogP contribution in [0.1, 0.15) is 0 Å². The van der Waals surface area contributed by atoms with Gasteiger partial charge >= 0.3 is 0 Å². The van der Waals surface area contributed by atoms with Crippen LogP contribution in [0.5, 0.6) is 0 Å². The maximum atomic E-state index is 6.22. The molecule has 4 rings (SSSR count). The van der Waals surface area contributed by atoms with Crippen LogP contribution in [-0.2, 0) is 0 Å². The molecule has 2 N–H and O–H groups in total. The van der Waals surface area contributed by atoms with Crippen LogP contribution in [0.3, 0.4) is 0 Å². The molecule has 0 aliphatic heterocycles. The molecule has 0 saturated carbocycles. The average Bonchev–Trinajstić information content (AvgIpc) is 2.71. The lowest BCUT2D eigenvalue weighted by molar-refractivity contribution is 1.13. The van der Waals surface area contributed by atoms with Gasteiger partial charge < -0.3 is 10.6 Å². The lowest BCUT2D eigenvalue weighted by Gasteiger charge is -2.13. The first-order valence-electron chi connectivity index (χ1n) is 8.56. The van der Waals surface area contributed by atoms with Crippen LogP contribution in [0.4, 0.5) is 11.8 Å². The summed E-state index contributed by atoms with van der Waals surface area (Å²) >= 11 is 12.4. The number of halogens is 2. The van der Waals surface area contributed by atoms with Crippen molar-refractivity contribution in [3.8, 4) is 22.5 Å². The highest BCUT2D eigenvalue weighted by molar-refractivity contribution is 6.31. The van der Waals surface area contributed by atoms with Gasteiger partial charge in [-0.1, -0.05) is 47.5 Å². The van der Waals surface area contributed by atoms with E-state index in [-0.39, 0.29) is 0 Å². The summed E-state index contributed by atoms with van der Waals surface area (Å²) in [5.74, 6) is 1.04. The van der Waals surface area contributed by atoms with Gasteiger partial charge in [-0.15, -0.1) is 0 Å². The minimum absolute atomic E-state index is 0.457. The Morgan fingerprint density at radius 2 is 1.32 bits per heavy atom. The topological polar surface area (TPSA) is 75.6 Å². The Bertz CT molecular complexity index is 1180. The van der Waals surface area contributed by atoms with E-state index in [0.29, 0.717) is 44.4 Å². The Labute approximate surface area is 172 Å². The monoisotopic (exact) mass is 410 g/mol. The number of rotatable bonds is 4. The van der Waals surface area contributed by atoms with Gasteiger partial charge in [0.25, 0.3) is 0 Å². The predicted octanol–water partition coefficient (Wildman–Crippen LogP) is 5.14. The number of hydrogen-bond acceptors (Lipinski definition) is 6. The summed E-state index contributed by atoms with van der Waals surface area (Å²) < 4.78 is 0. The summed E-state index contributed by atoms with van der Waals surface area (Å²) in [6.45, 7) is 0. The molecule has 28 heavy (non-hydrogen) atoms. The van der Waals surface area contributed by atoms with Gasteiger partial charge in [-0.05, 0) is 24.3 Å². The molecule has 0 aliphatic rings. The fourth-order valence-corrected chi connectivity index (χ4v) is 3.29. The first-order valence-corrected chi connectivity index (χ1v) is 9.32. The molecule has 2 heterocycles. The zero-order valence-corrected chi connectivity index (χ0v) is 16.7. The Hall–Kier alpha value is -2.96. The van der Waals surface area contributed by atoms with E-state index in [1.54, 1.807) is 14.1 Å². The number of nitrogens with one attached hydrogen (secondary N) is 2. The van der Waals surface area contributed by atoms with Crippen molar-refractivity contribution < 1.29 is 0 Å². The van der Waals surface area contributed by atoms with Crippen LogP contribution in [0.2, 0.25) is 10.0 Å². The van der Waals surface area contributed by atoms with Crippen molar-refractivity contribution in [2.75, 3.05) is 24.7 Å². The fourth-order valence-electron chi connectivity index (χ4n) is 2.91. The van der Waals surface area contributed by atoms with Crippen molar-refractivity contribution in [2.24, 2.45) is 0 Å². The van der Waals surface area contributed by atoms with Crippen LogP contribution in [0.15, 0.2) is 48.5 Å². The summed E-state index contributed by atoms with van der Waals surface area (Å²) in [4.78, 5) is 18.6. The second-order valence-corrected chi connectivity index (χ2v) is 6.88. The molecule has 0 amide bonds. The van der Waals surface area contributed by atoms with Gasteiger partial charge in [-0.2, -0.15) is 9.97 Å². The maximum Gasteiger partial charge on any atom is 0.226 e. The zero-order valence-electron chi connectivity index (χ0n) is 15.2. The molecule has 0 atom stereocenters. The van der Waals surface area contributed by atoms with E-state index in [0.717, 1.165) is 11.1 Å². The van der Waals surface area contributed by atoms with Crippen LogP contribution < -0.4 is 10.6 Å². The first-order chi connectivity index (χ1) is 13.6. The predicted molar refractivity (Wildman–Crippen MR) is 115 cm³/mol. The number of hydrogen-bond donors (Lipinski definition) is 2. The SMILES string of the molecule is CNc1nc(NC)c2nc(-c3cccc(Cl)c3)c(-c3cccc(Cl)c3)nc2n1. The number of nitrogens with zero attached hydrogens (tertiary/aromatic N) is 4. The van der Waals surface area contributed by atoms with Crippen LogP contribution in [0.25, 0.3) is 33.7 Å². The van der Waals surface area contributed by atoms with Gasteiger partial charge in [0.1, 0.15) is 0 Å². The first kappa shape index (κ1) is 18.4. The Balaban J connectivity index is 2.08. The molecule has 0 radical (unpaired) electrons. The second kappa shape index (κ2) is 7.58. The number of anilines is 2. The molecule has 0 unspecified atom stereocenters. The lowest BCUT2D eigenvalue weighted by Crippen LogP contribution is -2.05. The molecule has 8 heteroatoms. The summed E-state index contributed by atoms with van der Waals surface area (Å²) in [6, 6.07) is 15.0. The van der Waals surface area contributed by atoms with Crippen LogP contribution in [0, 0.1) is 0 Å². The molecule has 0 saturated heterocycles. The molecule has 0 fully saturated rings. The normalized spacial score (nSPS) is 10.9. The summed E-state index contributed by atoms with van der Waals surface area (Å²) in [6.07, 6.45) is 0. The van der Waals surface area contributed by atoms with E-state index < -0.39 is 0 Å². The number of benzene rings is 2. The molecular formula is C20H16Cl2N6. The van der Waals surface area contributed by atoms with Crippen molar-refractivity contribution in [1.82, 2.24) is 19.9 Å². The van der Waals surface area contributed by atoms with Gasteiger partial charge in [0.05, 0.1) is 11.4 Å². The quantitative estimate of drug-likeness (QED) is 0.484. The van der Waals surface area contributed by atoms with Crippen molar-refractivity contribution >= 4 is 46.1 Å². The van der Waals surface area contributed by atoms with E-state index in [4.69, 9.17) is 33.2 Å². The smallest absolute Gasteiger partial charge is 0.226 e. The third-order valence-electron chi connectivity index (χ3n) is 4.19. The highest BCUT2D eigenvalue weighted by Crippen LogP contribution is 2.34. The number of fused-ring (bicyclic) bond motifs is 1. The second-order valence-electron chi connectivity index (χ2n) is 6.01. The Morgan fingerprint density at radius 3 is 1.86 bits per heavy atom. The minimum Gasteiger partial charge on any atom is -0.371 e. The van der Waals surface area contributed by atoms with Gasteiger partial charge in [0, 0.05) is 35.3 Å². The molecular weight excluding hydrogens is 395 g/mol. The zero-order chi connectivity index (χ0) is 19.7. The summed E-state index contributed by atoms with van der Waals surface area (Å²) in [5, 5.41) is 7.24. The largest absolute Gasteiger partial charge is 0.371 e. The fraction of sp³-hybridized carbons (Fsp3) is 0.100.